The van der Waals surface area contributed by atoms with Crippen molar-refractivity contribution >= 4 is 6.01 Å². The van der Waals surface area contributed by atoms with E-state index in [4.69, 9.17) is 9.26 Å². The van der Waals surface area contributed by atoms with Crippen molar-refractivity contribution in [2.75, 3.05) is 19.0 Å². The summed E-state index contributed by atoms with van der Waals surface area (Å²) in [4.78, 5) is 4.10. The molecule has 2 rings (SSSR count). The van der Waals surface area contributed by atoms with Crippen LogP contribution in [0.4, 0.5) is 6.01 Å². The molecule has 0 unspecified atom stereocenters. The molecule has 0 amide bonds. The van der Waals surface area contributed by atoms with E-state index in [9.17, 15) is 0 Å². The van der Waals surface area contributed by atoms with E-state index >= 15 is 0 Å². The van der Waals surface area contributed by atoms with Gasteiger partial charge in [-0.15, -0.1) is 0 Å². The Bertz CT molecular complexity index is 442. The van der Waals surface area contributed by atoms with Crippen LogP contribution in [0, 0.1) is 0 Å². The molecule has 5 heteroatoms. The first-order valence-corrected chi connectivity index (χ1v) is 5.50. The van der Waals surface area contributed by atoms with E-state index in [0.29, 0.717) is 31.5 Å². The van der Waals surface area contributed by atoms with Gasteiger partial charge in [-0.1, -0.05) is 35.5 Å². The van der Waals surface area contributed by atoms with Gasteiger partial charge in [-0.3, -0.25) is 0 Å². The van der Waals surface area contributed by atoms with Crippen molar-refractivity contribution in [2.24, 2.45) is 0 Å². The molecule has 90 valence electrons. The van der Waals surface area contributed by atoms with E-state index in [1.807, 2.05) is 30.3 Å². The van der Waals surface area contributed by atoms with Crippen LogP contribution in [0.5, 0.6) is 0 Å². The minimum absolute atomic E-state index is 0.433. The SMILES string of the molecule is CNc1nc(CCOCc2ccccc2)no1. The highest BCUT2D eigenvalue weighted by Crippen LogP contribution is 2.04. The highest BCUT2D eigenvalue weighted by atomic mass is 16.5. The summed E-state index contributed by atoms with van der Waals surface area (Å²) in [5, 5.41) is 6.59. The summed E-state index contributed by atoms with van der Waals surface area (Å²) >= 11 is 0. The number of benzene rings is 1. The van der Waals surface area contributed by atoms with Crippen molar-refractivity contribution in [3.05, 3.63) is 41.7 Å². The third-order valence-electron chi connectivity index (χ3n) is 2.26. The molecule has 0 bridgehead atoms. The van der Waals surface area contributed by atoms with Gasteiger partial charge in [0.15, 0.2) is 5.82 Å². The molecule has 0 fully saturated rings. The second-order valence-electron chi connectivity index (χ2n) is 3.55. The molecular formula is C12H15N3O2. The highest BCUT2D eigenvalue weighted by Gasteiger charge is 2.03. The van der Waals surface area contributed by atoms with Crippen LogP contribution in [0.1, 0.15) is 11.4 Å². The predicted molar refractivity (Wildman–Crippen MR) is 63.6 cm³/mol. The van der Waals surface area contributed by atoms with Crippen molar-refractivity contribution in [1.82, 2.24) is 10.1 Å². The fraction of sp³-hybridized carbons (Fsp3) is 0.333. The number of nitrogens with one attached hydrogen (secondary N) is 1. The molecule has 0 aliphatic heterocycles. The van der Waals surface area contributed by atoms with Crippen LogP contribution in [-0.2, 0) is 17.8 Å². The summed E-state index contributed by atoms with van der Waals surface area (Å²) in [6, 6.07) is 10.5. The molecule has 1 aromatic heterocycles. The van der Waals surface area contributed by atoms with Crippen LogP contribution in [0.3, 0.4) is 0 Å². The van der Waals surface area contributed by atoms with E-state index in [1.54, 1.807) is 7.05 Å². The third-order valence-corrected chi connectivity index (χ3v) is 2.26. The lowest BCUT2D eigenvalue weighted by Crippen LogP contribution is -2.00. The van der Waals surface area contributed by atoms with Crippen molar-refractivity contribution in [2.45, 2.75) is 13.0 Å². The molecule has 1 N–H and O–H groups in total. The predicted octanol–water partition coefficient (Wildman–Crippen LogP) is 1.87. The average Bonchev–Trinajstić information content (AvgIpc) is 2.84. The zero-order valence-electron chi connectivity index (χ0n) is 9.72. The van der Waals surface area contributed by atoms with E-state index in [-0.39, 0.29) is 0 Å². The van der Waals surface area contributed by atoms with Gasteiger partial charge in [0.25, 0.3) is 0 Å². The lowest BCUT2D eigenvalue weighted by Gasteiger charge is -2.01. The lowest BCUT2D eigenvalue weighted by molar-refractivity contribution is 0.122. The Kier molecular flexibility index (Phi) is 4.10. The molecule has 0 saturated carbocycles. The smallest absolute Gasteiger partial charge is 0.321 e. The molecular weight excluding hydrogens is 218 g/mol. The molecule has 5 nitrogen and oxygen atoms in total. The zero-order chi connectivity index (χ0) is 11.9. The number of ether oxygens (including phenoxy) is 1. The van der Waals surface area contributed by atoms with Gasteiger partial charge in [0, 0.05) is 13.5 Å². The summed E-state index contributed by atoms with van der Waals surface area (Å²) in [5.74, 6) is 0.655. The fourth-order valence-electron chi connectivity index (χ4n) is 1.38. The van der Waals surface area contributed by atoms with Crippen molar-refractivity contribution in [3.8, 4) is 0 Å². The van der Waals surface area contributed by atoms with Gasteiger partial charge in [0.05, 0.1) is 13.2 Å². The Morgan fingerprint density at radius 2 is 2.12 bits per heavy atom. The topological polar surface area (TPSA) is 60.2 Å². The van der Waals surface area contributed by atoms with E-state index < -0.39 is 0 Å². The van der Waals surface area contributed by atoms with Crippen LogP contribution in [0.2, 0.25) is 0 Å². The lowest BCUT2D eigenvalue weighted by atomic mass is 10.2. The Morgan fingerprint density at radius 3 is 2.82 bits per heavy atom. The van der Waals surface area contributed by atoms with Gasteiger partial charge in [0.2, 0.25) is 0 Å². The molecule has 2 aromatic rings. The zero-order valence-corrected chi connectivity index (χ0v) is 9.72. The molecule has 0 spiro atoms. The summed E-state index contributed by atoms with van der Waals surface area (Å²) < 4.78 is 10.4. The Morgan fingerprint density at radius 1 is 1.29 bits per heavy atom. The summed E-state index contributed by atoms with van der Waals surface area (Å²) in [5.41, 5.74) is 1.16. The first-order valence-electron chi connectivity index (χ1n) is 5.50. The normalized spacial score (nSPS) is 10.4. The van der Waals surface area contributed by atoms with E-state index in [1.165, 1.54) is 0 Å². The van der Waals surface area contributed by atoms with Gasteiger partial charge in [-0.05, 0) is 5.56 Å². The van der Waals surface area contributed by atoms with Crippen LogP contribution >= 0.6 is 0 Å². The van der Waals surface area contributed by atoms with Crippen molar-refractivity contribution < 1.29 is 9.26 Å². The first-order chi connectivity index (χ1) is 8.38. The van der Waals surface area contributed by atoms with Gasteiger partial charge in [-0.2, -0.15) is 4.98 Å². The maximum Gasteiger partial charge on any atom is 0.321 e. The Labute approximate surface area is 99.8 Å². The largest absolute Gasteiger partial charge is 0.376 e. The van der Waals surface area contributed by atoms with Crippen LogP contribution < -0.4 is 5.32 Å². The number of hydrogen-bond acceptors (Lipinski definition) is 5. The Balaban J connectivity index is 1.69. The average molecular weight is 233 g/mol. The second kappa shape index (κ2) is 6.00. The third kappa shape index (κ3) is 3.57. The number of hydrogen-bond donors (Lipinski definition) is 1. The van der Waals surface area contributed by atoms with Gasteiger partial charge in [-0.25, -0.2) is 0 Å². The summed E-state index contributed by atoms with van der Waals surface area (Å²) in [6.07, 6.45) is 0.651. The van der Waals surface area contributed by atoms with E-state index in [0.717, 1.165) is 5.56 Å². The molecule has 1 heterocycles. The fourth-order valence-corrected chi connectivity index (χ4v) is 1.38. The van der Waals surface area contributed by atoms with Crippen LogP contribution in [0.15, 0.2) is 34.9 Å². The maximum atomic E-state index is 5.52. The maximum absolute atomic E-state index is 5.52. The quantitative estimate of drug-likeness (QED) is 0.772. The van der Waals surface area contributed by atoms with Gasteiger partial charge >= 0.3 is 6.01 Å². The number of anilines is 1. The Hall–Kier alpha value is -1.88. The summed E-state index contributed by atoms with van der Waals surface area (Å²) in [6.45, 7) is 1.19. The molecule has 0 atom stereocenters. The van der Waals surface area contributed by atoms with Crippen LogP contribution in [-0.4, -0.2) is 23.8 Å². The highest BCUT2D eigenvalue weighted by molar-refractivity contribution is 5.16. The van der Waals surface area contributed by atoms with Crippen molar-refractivity contribution in [3.63, 3.8) is 0 Å². The van der Waals surface area contributed by atoms with Crippen molar-refractivity contribution in [1.29, 1.82) is 0 Å². The first kappa shape index (κ1) is 11.6. The molecule has 1 aromatic carbocycles. The van der Waals surface area contributed by atoms with Crippen LogP contribution in [0.25, 0.3) is 0 Å². The standard InChI is InChI=1S/C12H15N3O2/c1-13-12-14-11(15-17-12)7-8-16-9-10-5-3-2-4-6-10/h2-6H,7-9H2,1H3,(H,13,14,15). The number of aromatic nitrogens is 2. The monoisotopic (exact) mass is 233 g/mol. The number of nitrogens with zero attached hydrogens (tertiary/aromatic N) is 2. The summed E-state index contributed by atoms with van der Waals surface area (Å²) in [7, 11) is 1.74. The molecule has 0 aliphatic carbocycles. The van der Waals surface area contributed by atoms with E-state index in [2.05, 4.69) is 15.5 Å². The molecule has 0 saturated heterocycles. The minimum Gasteiger partial charge on any atom is -0.376 e. The molecule has 0 aliphatic rings. The second-order valence-corrected chi connectivity index (χ2v) is 3.55. The van der Waals surface area contributed by atoms with Gasteiger partial charge in [0.1, 0.15) is 0 Å². The molecule has 17 heavy (non-hydrogen) atoms. The molecule has 0 radical (unpaired) electrons. The minimum atomic E-state index is 0.433. The number of rotatable bonds is 6. The van der Waals surface area contributed by atoms with Gasteiger partial charge < -0.3 is 14.6 Å².